The van der Waals surface area contributed by atoms with Crippen LogP contribution in [-0.2, 0) is 0 Å². The first-order valence-corrected chi connectivity index (χ1v) is 6.52. The molecule has 110 valence electrons. The Morgan fingerprint density at radius 2 is 2.29 bits per heavy atom. The molecule has 1 aliphatic rings. The monoisotopic (exact) mass is 290 g/mol. The highest BCUT2D eigenvalue weighted by Gasteiger charge is 2.33. The molecule has 0 amide bonds. The van der Waals surface area contributed by atoms with Gasteiger partial charge < -0.3 is 15.0 Å². The van der Waals surface area contributed by atoms with Crippen LogP contribution in [-0.4, -0.2) is 22.2 Å². The number of non-ortho nitro benzene ring substituents is 1. The van der Waals surface area contributed by atoms with Crippen molar-refractivity contribution in [3.05, 3.63) is 34.1 Å². The van der Waals surface area contributed by atoms with Crippen molar-refractivity contribution >= 4 is 5.69 Å². The Hall–Kier alpha value is -2.48. The topological polar surface area (TPSA) is 117 Å². The largest absolute Gasteiger partial charge is 0.496 e. The zero-order valence-corrected chi connectivity index (χ0v) is 11.4. The molecule has 8 nitrogen and oxygen atoms in total. The molecule has 1 fully saturated rings. The van der Waals surface area contributed by atoms with Crippen molar-refractivity contribution in [2.24, 2.45) is 11.7 Å². The van der Waals surface area contributed by atoms with E-state index in [1.165, 1.54) is 25.3 Å². The zero-order chi connectivity index (χ0) is 15.0. The molecule has 0 aliphatic heterocycles. The molecule has 0 bridgehead atoms. The second kappa shape index (κ2) is 5.13. The second-order valence-electron chi connectivity index (χ2n) is 4.96. The average molecular weight is 290 g/mol. The van der Waals surface area contributed by atoms with Gasteiger partial charge in [-0.3, -0.25) is 10.1 Å². The van der Waals surface area contributed by atoms with Crippen molar-refractivity contribution in [1.82, 2.24) is 10.1 Å². The van der Waals surface area contributed by atoms with Gasteiger partial charge in [-0.05, 0) is 24.8 Å². The van der Waals surface area contributed by atoms with Gasteiger partial charge >= 0.3 is 0 Å². The Morgan fingerprint density at radius 1 is 1.52 bits per heavy atom. The first kappa shape index (κ1) is 13.5. The van der Waals surface area contributed by atoms with Crippen LogP contribution in [0.4, 0.5) is 5.69 Å². The van der Waals surface area contributed by atoms with Crippen LogP contribution in [0.1, 0.15) is 24.7 Å². The van der Waals surface area contributed by atoms with Gasteiger partial charge in [0.1, 0.15) is 5.75 Å². The maximum Gasteiger partial charge on any atom is 0.273 e. The highest BCUT2D eigenvalue weighted by Crippen LogP contribution is 2.39. The van der Waals surface area contributed by atoms with E-state index in [9.17, 15) is 10.1 Å². The van der Waals surface area contributed by atoms with Crippen LogP contribution < -0.4 is 10.5 Å². The predicted molar refractivity (Wildman–Crippen MR) is 72.6 cm³/mol. The molecule has 1 saturated carbocycles. The summed E-state index contributed by atoms with van der Waals surface area (Å²) >= 11 is 0. The van der Waals surface area contributed by atoms with Gasteiger partial charge in [-0.25, -0.2) is 0 Å². The molecule has 3 rings (SSSR count). The number of nitrogens with zero attached hydrogens (tertiary/aromatic N) is 3. The van der Waals surface area contributed by atoms with Crippen molar-refractivity contribution in [2.45, 2.75) is 18.9 Å². The van der Waals surface area contributed by atoms with Crippen molar-refractivity contribution in [3.8, 4) is 17.2 Å². The molecule has 0 spiro atoms. The third-order valence-electron chi connectivity index (χ3n) is 3.50. The van der Waals surface area contributed by atoms with E-state index in [2.05, 4.69) is 10.1 Å². The standard InChI is InChI=1S/C13H14N4O4/c1-20-10-6-8(17(18)19)4-5-9(10)13-15-12(16-21-13)11(14)7-2-3-7/h4-7,11H,2-3,14H2,1H3. The average Bonchev–Trinajstić information content (AvgIpc) is 3.23. The fraction of sp³-hybridized carbons (Fsp3) is 0.385. The summed E-state index contributed by atoms with van der Waals surface area (Å²) < 4.78 is 10.4. The lowest BCUT2D eigenvalue weighted by Gasteiger charge is -2.04. The zero-order valence-electron chi connectivity index (χ0n) is 11.4. The molecule has 0 radical (unpaired) electrons. The molecule has 1 heterocycles. The summed E-state index contributed by atoms with van der Waals surface area (Å²) in [6.45, 7) is 0. The lowest BCUT2D eigenvalue weighted by Crippen LogP contribution is -2.13. The number of hydrogen-bond donors (Lipinski definition) is 1. The van der Waals surface area contributed by atoms with E-state index in [1.54, 1.807) is 0 Å². The van der Waals surface area contributed by atoms with Crippen molar-refractivity contribution in [2.75, 3.05) is 7.11 Å². The van der Waals surface area contributed by atoms with E-state index in [0.717, 1.165) is 12.8 Å². The van der Waals surface area contributed by atoms with E-state index in [4.69, 9.17) is 15.0 Å². The first-order chi connectivity index (χ1) is 10.1. The van der Waals surface area contributed by atoms with Crippen molar-refractivity contribution in [1.29, 1.82) is 0 Å². The molecule has 8 heteroatoms. The van der Waals surface area contributed by atoms with E-state index >= 15 is 0 Å². The highest BCUT2D eigenvalue weighted by molar-refractivity contribution is 5.65. The van der Waals surface area contributed by atoms with Crippen LogP contribution in [0.15, 0.2) is 22.7 Å². The normalized spacial score (nSPS) is 15.7. The van der Waals surface area contributed by atoms with Crippen molar-refractivity contribution in [3.63, 3.8) is 0 Å². The summed E-state index contributed by atoms with van der Waals surface area (Å²) in [5.41, 5.74) is 6.46. The van der Waals surface area contributed by atoms with Crippen LogP contribution in [0.3, 0.4) is 0 Å². The summed E-state index contributed by atoms with van der Waals surface area (Å²) in [5.74, 6) is 1.41. The van der Waals surface area contributed by atoms with Crippen LogP contribution >= 0.6 is 0 Å². The molecule has 2 N–H and O–H groups in total. The lowest BCUT2D eigenvalue weighted by molar-refractivity contribution is -0.384. The number of ether oxygens (including phenoxy) is 1. The molecular formula is C13H14N4O4. The maximum absolute atomic E-state index is 10.8. The molecule has 1 atom stereocenters. The smallest absolute Gasteiger partial charge is 0.273 e. The fourth-order valence-corrected chi connectivity index (χ4v) is 2.12. The number of benzene rings is 1. The molecule has 2 aromatic rings. The van der Waals surface area contributed by atoms with E-state index in [1.807, 2.05) is 0 Å². The number of methoxy groups -OCH3 is 1. The Balaban J connectivity index is 1.94. The van der Waals surface area contributed by atoms with Gasteiger partial charge in [0.2, 0.25) is 0 Å². The maximum atomic E-state index is 10.8. The minimum Gasteiger partial charge on any atom is -0.496 e. The van der Waals surface area contributed by atoms with Crippen LogP contribution in [0.2, 0.25) is 0 Å². The number of nitro groups is 1. The molecule has 1 aromatic carbocycles. The Labute approximate surface area is 120 Å². The van der Waals surface area contributed by atoms with Gasteiger partial charge in [0.15, 0.2) is 5.82 Å². The van der Waals surface area contributed by atoms with Crippen LogP contribution in [0, 0.1) is 16.0 Å². The first-order valence-electron chi connectivity index (χ1n) is 6.52. The number of hydrogen-bond acceptors (Lipinski definition) is 7. The Morgan fingerprint density at radius 3 is 2.90 bits per heavy atom. The summed E-state index contributed by atoms with van der Waals surface area (Å²) in [5, 5.41) is 14.7. The van der Waals surface area contributed by atoms with E-state index < -0.39 is 4.92 Å². The van der Waals surface area contributed by atoms with Gasteiger partial charge in [0, 0.05) is 6.07 Å². The van der Waals surface area contributed by atoms with Gasteiger partial charge in [0.25, 0.3) is 11.6 Å². The van der Waals surface area contributed by atoms with Gasteiger partial charge in [0.05, 0.1) is 29.7 Å². The van der Waals surface area contributed by atoms with Crippen LogP contribution in [0.25, 0.3) is 11.5 Å². The SMILES string of the molecule is COc1cc([N+](=O)[O-])ccc1-c1nc(C(N)C2CC2)no1. The minimum absolute atomic E-state index is 0.0648. The number of aromatic nitrogens is 2. The number of nitrogens with two attached hydrogens (primary N) is 1. The van der Waals surface area contributed by atoms with Crippen molar-refractivity contribution < 1.29 is 14.2 Å². The Kier molecular flexibility index (Phi) is 3.30. The Bertz CT molecular complexity index is 681. The molecule has 21 heavy (non-hydrogen) atoms. The summed E-state index contributed by atoms with van der Waals surface area (Å²) in [4.78, 5) is 14.6. The van der Waals surface area contributed by atoms with Gasteiger partial charge in [-0.15, -0.1) is 0 Å². The van der Waals surface area contributed by atoms with Gasteiger partial charge in [-0.2, -0.15) is 4.98 Å². The molecule has 0 saturated heterocycles. The fourth-order valence-electron chi connectivity index (χ4n) is 2.12. The molecular weight excluding hydrogens is 276 g/mol. The number of rotatable bonds is 5. The molecule has 1 aromatic heterocycles. The summed E-state index contributed by atoms with van der Waals surface area (Å²) in [6.07, 6.45) is 2.15. The molecule has 1 aliphatic carbocycles. The predicted octanol–water partition coefficient (Wildman–Crippen LogP) is 2.06. The van der Waals surface area contributed by atoms with Crippen LogP contribution in [0.5, 0.6) is 5.75 Å². The third kappa shape index (κ3) is 2.57. The minimum atomic E-state index is -0.492. The van der Waals surface area contributed by atoms with E-state index in [0.29, 0.717) is 23.1 Å². The van der Waals surface area contributed by atoms with E-state index in [-0.39, 0.29) is 17.6 Å². The second-order valence-corrected chi connectivity index (χ2v) is 4.96. The summed E-state index contributed by atoms with van der Waals surface area (Å²) in [6, 6.07) is 3.98. The summed E-state index contributed by atoms with van der Waals surface area (Å²) in [7, 11) is 1.43. The lowest BCUT2D eigenvalue weighted by atomic mass is 10.1. The van der Waals surface area contributed by atoms with Gasteiger partial charge in [-0.1, -0.05) is 5.16 Å². The highest BCUT2D eigenvalue weighted by atomic mass is 16.6. The quantitative estimate of drug-likeness (QED) is 0.661. The molecule has 1 unspecified atom stereocenters. The number of nitro benzene ring substituents is 1. The third-order valence-corrected chi connectivity index (χ3v) is 3.50.